The largest absolute Gasteiger partial charge is 0.310 e. The molecule has 0 radical (unpaired) electrons. The van der Waals surface area contributed by atoms with Crippen molar-refractivity contribution in [2.45, 2.75) is 38.5 Å². The predicted octanol–water partition coefficient (Wildman–Crippen LogP) is 14.4. The summed E-state index contributed by atoms with van der Waals surface area (Å²) in [7, 11) is 0. The van der Waals surface area contributed by atoms with Crippen LogP contribution >= 0.6 is 0 Å². The van der Waals surface area contributed by atoms with E-state index in [0.29, 0.717) is 0 Å². The number of hydrogen-bond acceptors (Lipinski definition) is 2. The molecule has 2 aliphatic rings. The van der Waals surface area contributed by atoms with Gasteiger partial charge in [0.1, 0.15) is 0 Å². The van der Waals surface area contributed by atoms with Crippen LogP contribution in [0, 0.1) is 0 Å². The smallest absolute Gasteiger partial charge is 0.0508 e. The van der Waals surface area contributed by atoms with Gasteiger partial charge >= 0.3 is 0 Å². The number of anilines is 6. The van der Waals surface area contributed by atoms with Gasteiger partial charge in [-0.2, -0.15) is 0 Å². The Bertz CT molecular complexity index is 2670. The van der Waals surface area contributed by atoms with Gasteiger partial charge in [-0.05, 0) is 134 Å². The Morgan fingerprint density at radius 1 is 0.315 bits per heavy atom. The normalized spacial score (nSPS) is 14.2. The Morgan fingerprint density at radius 3 is 1.54 bits per heavy atom. The minimum Gasteiger partial charge on any atom is -0.310 e. The lowest BCUT2D eigenvalue weighted by molar-refractivity contribution is 0.660. The van der Waals surface area contributed by atoms with Crippen molar-refractivity contribution in [2.24, 2.45) is 0 Å². The van der Waals surface area contributed by atoms with E-state index in [0.717, 1.165) is 28.4 Å². The molecule has 8 aromatic rings. The third kappa shape index (κ3) is 4.87. The van der Waals surface area contributed by atoms with Crippen LogP contribution in [0.3, 0.4) is 0 Å². The third-order valence-electron chi connectivity index (χ3n) is 12.0. The van der Waals surface area contributed by atoms with Crippen molar-refractivity contribution >= 4 is 44.9 Å². The first-order valence-electron chi connectivity index (χ1n) is 19.0. The molecule has 0 amide bonds. The van der Waals surface area contributed by atoms with Crippen molar-refractivity contribution in [3.8, 4) is 22.3 Å². The van der Waals surface area contributed by atoms with Gasteiger partial charge in [0.2, 0.25) is 0 Å². The summed E-state index contributed by atoms with van der Waals surface area (Å²) in [4.78, 5) is 4.83. The van der Waals surface area contributed by atoms with Gasteiger partial charge < -0.3 is 9.80 Å². The third-order valence-corrected chi connectivity index (χ3v) is 12.0. The number of hydrogen-bond donors (Lipinski definition) is 0. The Morgan fingerprint density at radius 2 is 0.852 bits per heavy atom. The van der Waals surface area contributed by atoms with Crippen LogP contribution in [0.15, 0.2) is 182 Å². The number of benzene rings is 8. The molecule has 0 aliphatic heterocycles. The molecule has 10 rings (SSSR count). The van der Waals surface area contributed by atoms with Crippen molar-refractivity contribution in [3.05, 3.63) is 204 Å². The van der Waals surface area contributed by atoms with E-state index in [1.165, 1.54) is 61.0 Å². The van der Waals surface area contributed by atoms with Gasteiger partial charge in [-0.25, -0.2) is 0 Å². The van der Waals surface area contributed by atoms with Crippen molar-refractivity contribution in [1.82, 2.24) is 0 Å². The van der Waals surface area contributed by atoms with E-state index >= 15 is 0 Å². The first-order valence-corrected chi connectivity index (χ1v) is 19.0. The van der Waals surface area contributed by atoms with Gasteiger partial charge in [0.25, 0.3) is 0 Å². The van der Waals surface area contributed by atoms with Crippen LogP contribution in [-0.2, 0) is 10.8 Å². The Hall–Kier alpha value is -6.38. The molecule has 8 aromatic carbocycles. The molecule has 2 aliphatic carbocycles. The molecule has 0 bridgehead atoms. The summed E-state index contributed by atoms with van der Waals surface area (Å²) in [6, 6.07) is 66.9. The fourth-order valence-corrected chi connectivity index (χ4v) is 9.34. The van der Waals surface area contributed by atoms with E-state index < -0.39 is 0 Å². The molecule has 2 heteroatoms. The van der Waals surface area contributed by atoms with Crippen LogP contribution in [0.25, 0.3) is 33.0 Å². The van der Waals surface area contributed by atoms with Crippen molar-refractivity contribution in [2.75, 3.05) is 9.80 Å². The maximum absolute atomic E-state index is 2.44. The molecule has 0 aromatic heterocycles. The molecule has 0 fully saturated rings. The minimum atomic E-state index is -0.258. The molecule has 260 valence electrons. The van der Waals surface area contributed by atoms with Crippen LogP contribution in [0.5, 0.6) is 0 Å². The summed E-state index contributed by atoms with van der Waals surface area (Å²) in [6.07, 6.45) is 0. The summed E-state index contributed by atoms with van der Waals surface area (Å²) in [5.41, 5.74) is 17.4. The monoisotopic (exact) mass is 694 g/mol. The topological polar surface area (TPSA) is 6.48 Å². The molecule has 0 heterocycles. The zero-order valence-electron chi connectivity index (χ0n) is 31.2. The Kier molecular flexibility index (Phi) is 7.22. The van der Waals surface area contributed by atoms with E-state index in [4.69, 9.17) is 0 Å². The van der Waals surface area contributed by atoms with E-state index in [2.05, 4.69) is 219 Å². The zero-order valence-corrected chi connectivity index (χ0v) is 31.2. The lowest BCUT2D eigenvalue weighted by atomic mass is 9.81. The molecule has 0 saturated heterocycles. The second kappa shape index (κ2) is 12.1. The number of fused-ring (bicyclic) bond motifs is 7. The summed E-state index contributed by atoms with van der Waals surface area (Å²) in [5.74, 6) is 0. The highest BCUT2D eigenvalue weighted by atomic mass is 15.2. The highest BCUT2D eigenvalue weighted by Gasteiger charge is 2.40. The van der Waals surface area contributed by atoms with Gasteiger partial charge in [-0.3, -0.25) is 0 Å². The van der Waals surface area contributed by atoms with Gasteiger partial charge in [-0.15, -0.1) is 0 Å². The SMILES string of the molecule is CC1(C)c2ccccc2-c2cc3cc(N(c4ccccc4)c4ccc5c(c4)C(C)(C)c4c-5cccc4N(c4ccccc4)c4ccccc4)ccc3cc21. The van der Waals surface area contributed by atoms with Crippen LogP contribution in [0.2, 0.25) is 0 Å². The van der Waals surface area contributed by atoms with E-state index in [1.54, 1.807) is 0 Å². The van der Waals surface area contributed by atoms with Crippen LogP contribution < -0.4 is 9.80 Å². The van der Waals surface area contributed by atoms with E-state index in [1.807, 2.05) is 0 Å². The summed E-state index contributed by atoms with van der Waals surface area (Å²) >= 11 is 0. The molecule has 0 atom stereocenters. The predicted molar refractivity (Wildman–Crippen MR) is 228 cm³/mol. The van der Waals surface area contributed by atoms with E-state index in [-0.39, 0.29) is 10.8 Å². The highest BCUT2D eigenvalue weighted by Crippen LogP contribution is 2.56. The van der Waals surface area contributed by atoms with Gasteiger partial charge in [0.05, 0.1) is 5.69 Å². The molecule has 0 spiro atoms. The quantitative estimate of drug-likeness (QED) is 0.171. The fourth-order valence-electron chi connectivity index (χ4n) is 9.34. The lowest BCUT2D eigenvalue weighted by Gasteiger charge is -2.32. The molecule has 0 saturated carbocycles. The number of para-hydroxylation sites is 3. The van der Waals surface area contributed by atoms with Crippen molar-refractivity contribution in [1.29, 1.82) is 0 Å². The van der Waals surface area contributed by atoms with Gasteiger partial charge in [0, 0.05) is 39.3 Å². The van der Waals surface area contributed by atoms with E-state index in [9.17, 15) is 0 Å². The Labute approximate surface area is 318 Å². The molecular formula is C52H42N2. The van der Waals surface area contributed by atoms with Gasteiger partial charge in [-0.1, -0.05) is 131 Å². The molecule has 0 unspecified atom stereocenters. The molecule has 0 N–H and O–H groups in total. The summed E-state index contributed by atoms with van der Waals surface area (Å²) in [5, 5.41) is 2.52. The van der Waals surface area contributed by atoms with Crippen molar-refractivity contribution in [3.63, 3.8) is 0 Å². The molecule has 2 nitrogen and oxygen atoms in total. The maximum atomic E-state index is 2.44. The fraction of sp³-hybridized carbons (Fsp3) is 0.115. The minimum absolute atomic E-state index is 0.0251. The van der Waals surface area contributed by atoms with Crippen LogP contribution in [0.1, 0.15) is 49.9 Å². The average molecular weight is 695 g/mol. The number of rotatable bonds is 6. The van der Waals surface area contributed by atoms with Crippen molar-refractivity contribution < 1.29 is 0 Å². The zero-order chi connectivity index (χ0) is 36.6. The summed E-state index contributed by atoms with van der Waals surface area (Å²) in [6.45, 7) is 9.49. The standard InChI is InChI=1S/C52H42N2/c1-51(2)46-25-15-14-23-42(46)45-32-36-31-40(28-27-35(36)33-47(45)51)53(37-17-8-5-9-18-37)41-29-30-43-44-24-16-26-49(50(44)52(3,4)48(43)34-41)54(38-19-10-6-11-20-38)39-21-12-7-13-22-39/h5-34H,1-4H3. The first kappa shape index (κ1) is 32.3. The lowest BCUT2D eigenvalue weighted by Crippen LogP contribution is -2.21. The first-order chi connectivity index (χ1) is 26.3. The Balaban J connectivity index is 1.11. The second-order valence-electron chi connectivity index (χ2n) is 15.8. The highest BCUT2D eigenvalue weighted by molar-refractivity contribution is 5.97. The van der Waals surface area contributed by atoms with Crippen LogP contribution in [0.4, 0.5) is 34.1 Å². The maximum Gasteiger partial charge on any atom is 0.0508 e. The van der Waals surface area contributed by atoms with Gasteiger partial charge in [0.15, 0.2) is 0 Å². The second-order valence-corrected chi connectivity index (χ2v) is 15.8. The molecular weight excluding hydrogens is 653 g/mol. The average Bonchev–Trinajstić information content (AvgIpc) is 3.57. The van der Waals surface area contributed by atoms with Crippen LogP contribution in [-0.4, -0.2) is 0 Å². The summed E-state index contributed by atoms with van der Waals surface area (Å²) < 4.78 is 0. The molecule has 54 heavy (non-hydrogen) atoms. The number of nitrogens with zero attached hydrogens (tertiary/aromatic N) is 2.